The van der Waals surface area contributed by atoms with Crippen LogP contribution in [-0.2, 0) is 16.6 Å². The number of anilines is 1. The lowest BCUT2D eigenvalue weighted by Crippen LogP contribution is -2.26. The zero-order valence-corrected chi connectivity index (χ0v) is 14.7. The molecule has 0 aliphatic heterocycles. The first-order valence-electron chi connectivity index (χ1n) is 6.77. The van der Waals surface area contributed by atoms with E-state index in [0.717, 1.165) is 22.6 Å². The van der Waals surface area contributed by atoms with Gasteiger partial charge in [-0.2, -0.15) is 4.31 Å². The van der Waals surface area contributed by atoms with Gasteiger partial charge in [0.1, 0.15) is 4.21 Å². The Morgan fingerprint density at radius 1 is 1.22 bits per heavy atom. The van der Waals surface area contributed by atoms with E-state index in [4.69, 9.17) is 5.11 Å². The molecule has 0 amide bonds. The number of sulfonamides is 1. The van der Waals surface area contributed by atoms with Crippen molar-refractivity contribution >= 4 is 33.0 Å². The Morgan fingerprint density at radius 3 is 2.43 bits per heavy atom. The van der Waals surface area contributed by atoms with Crippen LogP contribution in [0.4, 0.5) is 5.69 Å². The molecule has 1 N–H and O–H groups in total. The minimum absolute atomic E-state index is 0.0179. The predicted molar refractivity (Wildman–Crippen MR) is 90.7 cm³/mol. The fourth-order valence-corrected chi connectivity index (χ4v) is 4.63. The summed E-state index contributed by atoms with van der Waals surface area (Å²) in [6, 6.07) is 8.74. The summed E-state index contributed by atoms with van der Waals surface area (Å²) in [5.74, 6) is -1.14. The number of hydrogen-bond donors (Lipinski definition) is 1. The quantitative estimate of drug-likeness (QED) is 0.861. The lowest BCUT2D eigenvalue weighted by atomic mass is 10.1. The fourth-order valence-electron chi connectivity index (χ4n) is 2.12. The SMILES string of the molecule is CN(C)c1ccccc1CN(C)S(=O)(=O)c1cc(C(=O)O)cs1. The number of carboxylic acids is 1. The molecule has 0 unspecified atom stereocenters. The molecule has 8 heteroatoms. The number of carboxylic acid groups (broad SMARTS) is 1. The van der Waals surface area contributed by atoms with Crippen LogP contribution in [-0.4, -0.2) is 44.9 Å². The summed E-state index contributed by atoms with van der Waals surface area (Å²) in [5, 5.41) is 10.3. The average Bonchev–Trinajstić information content (AvgIpc) is 2.98. The van der Waals surface area contributed by atoms with Gasteiger partial charge in [-0.05, 0) is 17.7 Å². The maximum Gasteiger partial charge on any atom is 0.336 e. The minimum Gasteiger partial charge on any atom is -0.478 e. The highest BCUT2D eigenvalue weighted by atomic mass is 32.2. The van der Waals surface area contributed by atoms with Crippen LogP contribution in [0.15, 0.2) is 39.9 Å². The summed E-state index contributed by atoms with van der Waals surface area (Å²) in [6.07, 6.45) is 0. The zero-order valence-electron chi connectivity index (χ0n) is 13.1. The number of rotatable bonds is 6. The molecule has 124 valence electrons. The van der Waals surface area contributed by atoms with E-state index in [9.17, 15) is 13.2 Å². The molecule has 0 aliphatic carbocycles. The van der Waals surface area contributed by atoms with E-state index < -0.39 is 16.0 Å². The summed E-state index contributed by atoms with van der Waals surface area (Å²) < 4.78 is 26.4. The molecule has 1 aromatic carbocycles. The van der Waals surface area contributed by atoms with Gasteiger partial charge < -0.3 is 10.0 Å². The Hall–Kier alpha value is -1.90. The van der Waals surface area contributed by atoms with Gasteiger partial charge in [-0.25, -0.2) is 13.2 Å². The van der Waals surface area contributed by atoms with E-state index in [-0.39, 0.29) is 16.3 Å². The molecule has 0 atom stereocenters. The second kappa shape index (κ2) is 6.69. The first-order chi connectivity index (χ1) is 10.7. The Bertz CT molecular complexity index is 812. The van der Waals surface area contributed by atoms with E-state index in [1.165, 1.54) is 22.8 Å². The average molecular weight is 354 g/mol. The first kappa shape index (κ1) is 17.5. The summed E-state index contributed by atoms with van der Waals surface area (Å²) in [5.41, 5.74) is 1.79. The molecule has 0 bridgehead atoms. The third-order valence-corrected chi connectivity index (χ3v) is 6.57. The second-order valence-corrected chi connectivity index (χ2v) is 8.43. The van der Waals surface area contributed by atoms with Crippen molar-refractivity contribution in [3.8, 4) is 0 Å². The van der Waals surface area contributed by atoms with Gasteiger partial charge in [0.15, 0.2) is 0 Å². The van der Waals surface area contributed by atoms with Crippen molar-refractivity contribution in [1.29, 1.82) is 0 Å². The van der Waals surface area contributed by atoms with Crippen LogP contribution >= 0.6 is 11.3 Å². The van der Waals surface area contributed by atoms with Crippen molar-refractivity contribution in [1.82, 2.24) is 4.31 Å². The Morgan fingerprint density at radius 2 is 1.87 bits per heavy atom. The molecule has 0 fully saturated rings. The number of benzene rings is 1. The largest absolute Gasteiger partial charge is 0.478 e. The normalized spacial score (nSPS) is 11.7. The zero-order chi connectivity index (χ0) is 17.2. The number of nitrogens with zero attached hydrogens (tertiary/aromatic N) is 2. The molecule has 0 aliphatic rings. The molecule has 0 saturated heterocycles. The number of aromatic carboxylic acids is 1. The number of thiophene rings is 1. The number of hydrogen-bond acceptors (Lipinski definition) is 5. The Balaban J connectivity index is 2.29. The van der Waals surface area contributed by atoms with Gasteiger partial charge in [0.2, 0.25) is 0 Å². The highest BCUT2D eigenvalue weighted by molar-refractivity contribution is 7.91. The fraction of sp³-hybridized carbons (Fsp3) is 0.267. The Kier molecular flexibility index (Phi) is 5.08. The monoisotopic (exact) mass is 354 g/mol. The van der Waals surface area contributed by atoms with Crippen molar-refractivity contribution in [2.45, 2.75) is 10.8 Å². The molecule has 0 saturated carbocycles. The maximum absolute atomic E-state index is 12.6. The van der Waals surface area contributed by atoms with E-state index in [2.05, 4.69) is 0 Å². The van der Waals surface area contributed by atoms with Gasteiger partial charge in [-0.1, -0.05) is 18.2 Å². The Labute approximate surface area is 139 Å². The van der Waals surface area contributed by atoms with Gasteiger partial charge in [0.25, 0.3) is 10.0 Å². The smallest absolute Gasteiger partial charge is 0.336 e. The molecular weight excluding hydrogens is 336 g/mol. The molecule has 0 spiro atoms. The molecular formula is C15H18N2O4S2. The van der Waals surface area contributed by atoms with Crippen molar-refractivity contribution in [3.05, 3.63) is 46.8 Å². The van der Waals surface area contributed by atoms with Crippen LogP contribution in [0.25, 0.3) is 0 Å². The summed E-state index contributed by atoms with van der Waals surface area (Å²) in [7, 11) is 1.55. The summed E-state index contributed by atoms with van der Waals surface area (Å²) >= 11 is 0.913. The highest BCUT2D eigenvalue weighted by Gasteiger charge is 2.24. The lowest BCUT2D eigenvalue weighted by molar-refractivity contribution is 0.0697. The number of carbonyl (C=O) groups is 1. The maximum atomic E-state index is 12.6. The predicted octanol–water partition coefficient (Wildman–Crippen LogP) is 2.33. The van der Waals surface area contributed by atoms with E-state index in [1.807, 2.05) is 43.3 Å². The van der Waals surface area contributed by atoms with Crippen LogP contribution < -0.4 is 4.90 Å². The lowest BCUT2D eigenvalue weighted by Gasteiger charge is -2.21. The standard InChI is InChI=1S/C15H18N2O4S2/c1-16(2)13-7-5-4-6-11(13)9-17(3)23(20,21)14-8-12(10-22-14)15(18)19/h4-8,10H,9H2,1-3H3,(H,18,19). The van der Waals surface area contributed by atoms with Gasteiger partial charge in [-0.3, -0.25) is 0 Å². The molecule has 6 nitrogen and oxygen atoms in total. The van der Waals surface area contributed by atoms with Crippen LogP contribution in [0.3, 0.4) is 0 Å². The summed E-state index contributed by atoms with van der Waals surface area (Å²) in [4.78, 5) is 12.8. The molecule has 1 heterocycles. The van der Waals surface area contributed by atoms with Crippen molar-refractivity contribution < 1.29 is 18.3 Å². The van der Waals surface area contributed by atoms with E-state index >= 15 is 0 Å². The topological polar surface area (TPSA) is 77.9 Å². The molecule has 2 aromatic rings. The van der Waals surface area contributed by atoms with Crippen molar-refractivity contribution in [2.24, 2.45) is 0 Å². The third-order valence-electron chi connectivity index (χ3n) is 3.35. The van der Waals surface area contributed by atoms with Gasteiger partial charge in [0, 0.05) is 38.8 Å². The van der Waals surface area contributed by atoms with Crippen LogP contribution in [0.1, 0.15) is 15.9 Å². The second-order valence-electron chi connectivity index (χ2n) is 5.24. The third kappa shape index (κ3) is 3.72. The van der Waals surface area contributed by atoms with E-state index in [1.54, 1.807) is 0 Å². The molecule has 0 radical (unpaired) electrons. The number of para-hydroxylation sites is 1. The highest BCUT2D eigenvalue weighted by Crippen LogP contribution is 2.26. The van der Waals surface area contributed by atoms with Gasteiger partial charge >= 0.3 is 5.97 Å². The van der Waals surface area contributed by atoms with Crippen LogP contribution in [0.2, 0.25) is 0 Å². The first-order valence-corrected chi connectivity index (χ1v) is 9.09. The van der Waals surface area contributed by atoms with Gasteiger partial charge in [0.05, 0.1) is 5.56 Å². The van der Waals surface area contributed by atoms with Crippen molar-refractivity contribution in [3.63, 3.8) is 0 Å². The minimum atomic E-state index is -3.72. The van der Waals surface area contributed by atoms with Crippen LogP contribution in [0.5, 0.6) is 0 Å². The molecule has 1 aromatic heterocycles. The van der Waals surface area contributed by atoms with Crippen LogP contribution in [0, 0.1) is 0 Å². The van der Waals surface area contributed by atoms with E-state index in [0.29, 0.717) is 0 Å². The van der Waals surface area contributed by atoms with Gasteiger partial charge in [-0.15, -0.1) is 11.3 Å². The molecule has 23 heavy (non-hydrogen) atoms. The molecule has 2 rings (SSSR count). The summed E-state index contributed by atoms with van der Waals surface area (Å²) in [6.45, 7) is 0.205. The van der Waals surface area contributed by atoms with Crippen molar-refractivity contribution in [2.75, 3.05) is 26.0 Å².